The summed E-state index contributed by atoms with van der Waals surface area (Å²) in [6, 6.07) is 5.65. The lowest BCUT2D eigenvalue weighted by Crippen LogP contribution is -2.33. The van der Waals surface area contributed by atoms with E-state index in [1.54, 1.807) is 6.07 Å². The third kappa shape index (κ3) is 2.41. The van der Waals surface area contributed by atoms with Crippen LogP contribution >= 0.6 is 11.8 Å². The standard InChI is InChI=1S/C10H14N4S/c11-10(12)8-2-1-3-9(13-8)14-4-6-15-7-5-14/h1-3H,4-7H2,(H3,11,12). The third-order valence-corrected chi connectivity index (χ3v) is 3.29. The molecule has 1 fully saturated rings. The first-order valence-electron chi connectivity index (χ1n) is 4.91. The van der Waals surface area contributed by atoms with Gasteiger partial charge < -0.3 is 10.6 Å². The SMILES string of the molecule is N=C(N)c1cccc(N2CCSCC2)n1. The zero-order chi connectivity index (χ0) is 10.7. The van der Waals surface area contributed by atoms with E-state index in [1.807, 2.05) is 23.9 Å². The number of nitrogens with zero attached hydrogens (tertiary/aromatic N) is 2. The number of nitrogens with two attached hydrogens (primary N) is 1. The number of aromatic nitrogens is 1. The number of pyridine rings is 1. The number of nitrogen functional groups attached to an aromatic ring is 1. The second-order valence-corrected chi connectivity index (χ2v) is 4.62. The van der Waals surface area contributed by atoms with E-state index in [0.717, 1.165) is 30.4 Å². The Morgan fingerprint density at radius 1 is 1.40 bits per heavy atom. The van der Waals surface area contributed by atoms with Gasteiger partial charge in [0.2, 0.25) is 0 Å². The van der Waals surface area contributed by atoms with E-state index in [1.165, 1.54) is 0 Å². The van der Waals surface area contributed by atoms with Crippen molar-refractivity contribution in [2.24, 2.45) is 5.73 Å². The minimum atomic E-state index is 0.0308. The van der Waals surface area contributed by atoms with Crippen LogP contribution in [0.5, 0.6) is 0 Å². The summed E-state index contributed by atoms with van der Waals surface area (Å²) < 4.78 is 0. The van der Waals surface area contributed by atoms with E-state index >= 15 is 0 Å². The first-order valence-corrected chi connectivity index (χ1v) is 6.07. The Kier molecular flexibility index (Phi) is 3.11. The number of nitrogens with one attached hydrogen (secondary N) is 1. The molecule has 2 heterocycles. The highest BCUT2D eigenvalue weighted by atomic mass is 32.2. The molecular formula is C10H14N4S. The molecule has 5 heteroatoms. The molecule has 4 nitrogen and oxygen atoms in total. The number of hydrogen-bond donors (Lipinski definition) is 2. The number of anilines is 1. The van der Waals surface area contributed by atoms with Gasteiger partial charge in [0.05, 0.1) is 0 Å². The smallest absolute Gasteiger partial charge is 0.141 e. The molecule has 1 aromatic rings. The Balaban J connectivity index is 2.19. The minimum absolute atomic E-state index is 0.0308. The zero-order valence-corrected chi connectivity index (χ0v) is 9.26. The second kappa shape index (κ2) is 4.53. The summed E-state index contributed by atoms with van der Waals surface area (Å²) in [5.41, 5.74) is 5.97. The highest BCUT2D eigenvalue weighted by Crippen LogP contribution is 2.17. The molecule has 0 aromatic carbocycles. The predicted octanol–water partition coefficient (Wildman–Crippen LogP) is 0.919. The first-order chi connectivity index (χ1) is 7.27. The molecule has 1 aliphatic rings. The van der Waals surface area contributed by atoms with Gasteiger partial charge in [-0.15, -0.1) is 0 Å². The van der Waals surface area contributed by atoms with Crippen molar-refractivity contribution in [2.45, 2.75) is 0 Å². The van der Waals surface area contributed by atoms with Gasteiger partial charge in [0.1, 0.15) is 17.3 Å². The molecule has 3 N–H and O–H groups in total. The van der Waals surface area contributed by atoms with Gasteiger partial charge in [0.25, 0.3) is 0 Å². The van der Waals surface area contributed by atoms with E-state index in [2.05, 4.69) is 9.88 Å². The van der Waals surface area contributed by atoms with E-state index in [9.17, 15) is 0 Å². The van der Waals surface area contributed by atoms with Crippen LogP contribution in [-0.2, 0) is 0 Å². The summed E-state index contributed by atoms with van der Waals surface area (Å²) in [5.74, 6) is 3.25. The van der Waals surface area contributed by atoms with Crippen molar-refractivity contribution in [1.29, 1.82) is 5.41 Å². The molecular weight excluding hydrogens is 208 g/mol. The summed E-state index contributed by atoms with van der Waals surface area (Å²) in [7, 11) is 0. The fraction of sp³-hybridized carbons (Fsp3) is 0.400. The van der Waals surface area contributed by atoms with Crippen LogP contribution in [0.3, 0.4) is 0 Å². The topological polar surface area (TPSA) is 66.0 Å². The summed E-state index contributed by atoms with van der Waals surface area (Å²) in [6.45, 7) is 2.05. The van der Waals surface area contributed by atoms with Crippen LogP contribution in [0.2, 0.25) is 0 Å². The number of thioether (sulfide) groups is 1. The highest BCUT2D eigenvalue weighted by Gasteiger charge is 2.12. The van der Waals surface area contributed by atoms with Crippen molar-refractivity contribution in [2.75, 3.05) is 29.5 Å². The van der Waals surface area contributed by atoms with Crippen LogP contribution in [-0.4, -0.2) is 35.4 Å². The third-order valence-electron chi connectivity index (χ3n) is 2.35. The molecule has 2 rings (SSSR count). The van der Waals surface area contributed by atoms with Crippen LogP contribution in [0.25, 0.3) is 0 Å². The van der Waals surface area contributed by atoms with Crippen LogP contribution in [0, 0.1) is 5.41 Å². The second-order valence-electron chi connectivity index (χ2n) is 3.39. The van der Waals surface area contributed by atoms with Gasteiger partial charge in [-0.2, -0.15) is 11.8 Å². The van der Waals surface area contributed by atoms with E-state index in [4.69, 9.17) is 11.1 Å². The predicted molar refractivity (Wildman–Crippen MR) is 64.8 cm³/mol. The fourth-order valence-corrected chi connectivity index (χ4v) is 2.44. The Morgan fingerprint density at radius 3 is 2.80 bits per heavy atom. The Bertz CT molecular complexity index is 360. The maximum absolute atomic E-state index is 7.34. The molecule has 0 saturated carbocycles. The largest absolute Gasteiger partial charge is 0.382 e. The molecule has 1 saturated heterocycles. The average molecular weight is 222 g/mol. The van der Waals surface area contributed by atoms with Crippen molar-refractivity contribution in [3.8, 4) is 0 Å². The number of rotatable bonds is 2. The van der Waals surface area contributed by atoms with Gasteiger partial charge in [-0.1, -0.05) is 6.07 Å². The first kappa shape index (κ1) is 10.3. The quantitative estimate of drug-likeness (QED) is 0.577. The maximum Gasteiger partial charge on any atom is 0.141 e. The molecule has 15 heavy (non-hydrogen) atoms. The lowest BCUT2D eigenvalue weighted by molar-refractivity contribution is 0.838. The van der Waals surface area contributed by atoms with E-state index < -0.39 is 0 Å². The average Bonchev–Trinajstić information content (AvgIpc) is 2.30. The Morgan fingerprint density at radius 2 is 2.13 bits per heavy atom. The summed E-state index contributed by atoms with van der Waals surface area (Å²) in [4.78, 5) is 6.60. The summed E-state index contributed by atoms with van der Waals surface area (Å²) in [6.07, 6.45) is 0. The lowest BCUT2D eigenvalue weighted by atomic mass is 10.3. The molecule has 1 aromatic heterocycles. The van der Waals surface area contributed by atoms with Crippen LogP contribution < -0.4 is 10.6 Å². The van der Waals surface area contributed by atoms with Crippen molar-refractivity contribution < 1.29 is 0 Å². The van der Waals surface area contributed by atoms with Gasteiger partial charge in [0, 0.05) is 24.6 Å². The molecule has 0 atom stereocenters. The summed E-state index contributed by atoms with van der Waals surface area (Å²) >= 11 is 1.97. The van der Waals surface area contributed by atoms with Gasteiger partial charge in [-0.05, 0) is 12.1 Å². The normalized spacial score (nSPS) is 16.4. The number of hydrogen-bond acceptors (Lipinski definition) is 4. The Hall–Kier alpha value is -1.23. The fourth-order valence-electron chi connectivity index (χ4n) is 1.54. The van der Waals surface area contributed by atoms with Crippen molar-refractivity contribution >= 4 is 23.4 Å². The monoisotopic (exact) mass is 222 g/mol. The molecule has 0 spiro atoms. The van der Waals surface area contributed by atoms with Crippen LogP contribution in [0.1, 0.15) is 5.69 Å². The van der Waals surface area contributed by atoms with Gasteiger partial charge in [0.15, 0.2) is 0 Å². The van der Waals surface area contributed by atoms with Crippen LogP contribution in [0.15, 0.2) is 18.2 Å². The number of amidine groups is 1. The molecule has 0 bridgehead atoms. The molecule has 0 aliphatic carbocycles. The zero-order valence-electron chi connectivity index (χ0n) is 8.44. The van der Waals surface area contributed by atoms with E-state index in [0.29, 0.717) is 5.69 Å². The van der Waals surface area contributed by atoms with Gasteiger partial charge in [-0.3, -0.25) is 5.41 Å². The summed E-state index contributed by atoms with van der Waals surface area (Å²) in [5, 5.41) is 7.34. The molecule has 0 unspecified atom stereocenters. The molecule has 0 amide bonds. The molecule has 1 aliphatic heterocycles. The lowest BCUT2D eigenvalue weighted by Gasteiger charge is -2.27. The molecule has 80 valence electrons. The maximum atomic E-state index is 7.34. The van der Waals surface area contributed by atoms with E-state index in [-0.39, 0.29) is 5.84 Å². The van der Waals surface area contributed by atoms with Gasteiger partial charge >= 0.3 is 0 Å². The van der Waals surface area contributed by atoms with Gasteiger partial charge in [-0.25, -0.2) is 4.98 Å². The van der Waals surface area contributed by atoms with Crippen LogP contribution in [0.4, 0.5) is 5.82 Å². The van der Waals surface area contributed by atoms with Crippen molar-refractivity contribution in [3.63, 3.8) is 0 Å². The molecule has 0 radical (unpaired) electrons. The van der Waals surface area contributed by atoms with Crippen molar-refractivity contribution in [1.82, 2.24) is 4.98 Å². The highest BCUT2D eigenvalue weighted by molar-refractivity contribution is 7.99. The van der Waals surface area contributed by atoms with Crippen molar-refractivity contribution in [3.05, 3.63) is 23.9 Å². The Labute approximate surface area is 93.4 Å². The minimum Gasteiger partial charge on any atom is -0.382 e.